The first-order valence-electron chi connectivity index (χ1n) is 6.29. The van der Waals surface area contributed by atoms with E-state index in [1.165, 1.54) is 11.8 Å². The number of para-hydroxylation sites is 1. The molecule has 0 unspecified atom stereocenters. The Labute approximate surface area is 121 Å². The molecule has 0 aliphatic rings. The number of esters is 1. The minimum Gasteiger partial charge on any atom is -0.468 e. The molecule has 21 heavy (non-hydrogen) atoms. The third-order valence-electron chi connectivity index (χ3n) is 3.27. The summed E-state index contributed by atoms with van der Waals surface area (Å²) in [7, 11) is 1.27. The van der Waals surface area contributed by atoms with Gasteiger partial charge >= 0.3 is 5.97 Å². The number of methoxy groups -OCH3 is 1. The molecule has 0 aliphatic carbocycles. The van der Waals surface area contributed by atoms with Crippen molar-refractivity contribution in [1.29, 1.82) is 0 Å². The number of hydrogen-bond acceptors (Lipinski definition) is 6. The maximum absolute atomic E-state index is 11.9. The van der Waals surface area contributed by atoms with E-state index in [4.69, 9.17) is 10.5 Å². The van der Waals surface area contributed by atoms with Gasteiger partial charge in [-0.05, 0) is 31.2 Å². The van der Waals surface area contributed by atoms with Crippen molar-refractivity contribution in [2.24, 2.45) is 5.18 Å². The first kappa shape index (κ1) is 14.7. The molecule has 0 radical (unpaired) electrons. The molecule has 0 aliphatic heterocycles. The van der Waals surface area contributed by atoms with Crippen molar-refractivity contribution in [1.82, 2.24) is 9.78 Å². The summed E-state index contributed by atoms with van der Waals surface area (Å²) in [4.78, 5) is 23.0. The number of nitroso groups, excluding NO2 is 1. The van der Waals surface area contributed by atoms with E-state index < -0.39 is 11.4 Å². The van der Waals surface area contributed by atoms with Crippen LogP contribution in [0, 0.1) is 4.91 Å². The second-order valence-corrected chi connectivity index (χ2v) is 5.04. The van der Waals surface area contributed by atoms with Crippen LogP contribution in [0.1, 0.15) is 19.5 Å². The van der Waals surface area contributed by atoms with Gasteiger partial charge in [-0.25, -0.2) is 4.68 Å². The fraction of sp³-hybridized carbons (Fsp3) is 0.286. The summed E-state index contributed by atoms with van der Waals surface area (Å²) in [5.41, 5.74) is 5.62. The summed E-state index contributed by atoms with van der Waals surface area (Å²) in [5.74, 6) is -0.437. The predicted molar refractivity (Wildman–Crippen MR) is 78.5 cm³/mol. The highest BCUT2D eigenvalue weighted by Crippen LogP contribution is 2.37. The summed E-state index contributed by atoms with van der Waals surface area (Å²) in [6.45, 7) is 3.20. The maximum atomic E-state index is 11.9. The number of rotatable bonds is 4. The third kappa shape index (κ3) is 2.37. The molecule has 0 bridgehead atoms. The number of carbonyl (C=O) groups is 1. The molecule has 7 nitrogen and oxygen atoms in total. The van der Waals surface area contributed by atoms with Crippen molar-refractivity contribution < 1.29 is 9.53 Å². The minimum atomic E-state index is -1.13. The van der Waals surface area contributed by atoms with E-state index >= 15 is 0 Å². The van der Waals surface area contributed by atoms with Crippen molar-refractivity contribution in [2.45, 2.75) is 19.3 Å². The van der Waals surface area contributed by atoms with Gasteiger partial charge in [0.05, 0.1) is 12.8 Å². The number of benzene rings is 1. The highest BCUT2D eigenvalue weighted by atomic mass is 16.5. The molecule has 0 fully saturated rings. The van der Waals surface area contributed by atoms with Gasteiger partial charge in [-0.3, -0.25) is 4.79 Å². The van der Waals surface area contributed by atoms with Crippen molar-refractivity contribution in [2.75, 3.05) is 12.8 Å². The van der Waals surface area contributed by atoms with Crippen LogP contribution in [0.3, 0.4) is 0 Å². The monoisotopic (exact) mass is 288 g/mol. The Balaban J connectivity index is 2.64. The second kappa shape index (κ2) is 5.35. The molecule has 1 heterocycles. The van der Waals surface area contributed by atoms with Crippen LogP contribution in [-0.2, 0) is 14.9 Å². The Morgan fingerprint density at radius 3 is 2.48 bits per heavy atom. The lowest BCUT2D eigenvalue weighted by Gasteiger charge is -2.18. The lowest BCUT2D eigenvalue weighted by molar-refractivity contribution is -0.146. The average Bonchev–Trinajstić information content (AvgIpc) is 2.84. The quantitative estimate of drug-likeness (QED) is 0.687. The molecule has 0 saturated heterocycles. The smallest absolute Gasteiger partial charge is 0.317 e. The summed E-state index contributed by atoms with van der Waals surface area (Å²) in [5, 5.41) is 7.22. The first-order chi connectivity index (χ1) is 9.93. The van der Waals surface area contributed by atoms with Gasteiger partial charge in [0.1, 0.15) is 11.1 Å². The molecule has 7 heteroatoms. The number of aromatic nitrogens is 2. The zero-order chi connectivity index (χ0) is 15.6. The van der Waals surface area contributed by atoms with Crippen LogP contribution < -0.4 is 5.73 Å². The van der Waals surface area contributed by atoms with Gasteiger partial charge in [-0.1, -0.05) is 18.2 Å². The number of nitrogens with two attached hydrogens (primary N) is 1. The van der Waals surface area contributed by atoms with Gasteiger partial charge < -0.3 is 10.5 Å². The molecule has 0 spiro atoms. The van der Waals surface area contributed by atoms with Crippen molar-refractivity contribution in [3.8, 4) is 5.69 Å². The van der Waals surface area contributed by atoms with Crippen LogP contribution in [-0.4, -0.2) is 22.9 Å². The molecular weight excluding hydrogens is 272 g/mol. The number of nitrogens with zero attached hydrogens (tertiary/aromatic N) is 3. The molecule has 2 rings (SSSR count). The van der Waals surface area contributed by atoms with Gasteiger partial charge in [0.25, 0.3) is 0 Å². The molecule has 1 aromatic heterocycles. The largest absolute Gasteiger partial charge is 0.468 e. The van der Waals surface area contributed by atoms with Gasteiger partial charge in [0.2, 0.25) is 0 Å². The van der Waals surface area contributed by atoms with E-state index in [0.717, 1.165) is 0 Å². The van der Waals surface area contributed by atoms with Crippen LogP contribution in [0.25, 0.3) is 5.69 Å². The summed E-state index contributed by atoms with van der Waals surface area (Å²) in [6, 6.07) is 9.05. The molecule has 2 N–H and O–H groups in total. The van der Waals surface area contributed by atoms with Crippen LogP contribution in [0.2, 0.25) is 0 Å². The van der Waals surface area contributed by atoms with Crippen LogP contribution in [0.4, 0.5) is 11.5 Å². The number of anilines is 1. The molecular formula is C14H16N4O3. The number of ether oxygens (including phenoxy) is 1. The summed E-state index contributed by atoms with van der Waals surface area (Å²) < 4.78 is 6.14. The first-order valence-corrected chi connectivity index (χ1v) is 6.29. The third-order valence-corrected chi connectivity index (χ3v) is 3.27. The normalized spacial score (nSPS) is 11.2. The van der Waals surface area contributed by atoms with E-state index in [2.05, 4.69) is 10.3 Å². The summed E-state index contributed by atoms with van der Waals surface area (Å²) in [6.07, 6.45) is 0. The Morgan fingerprint density at radius 1 is 1.33 bits per heavy atom. The number of hydrogen-bond donors (Lipinski definition) is 1. The van der Waals surface area contributed by atoms with Gasteiger partial charge in [0, 0.05) is 0 Å². The Kier molecular flexibility index (Phi) is 3.75. The standard InChI is InChI=1S/C14H16N4O3/c1-14(2,13(19)21-3)11-10(17-20)12(15)18(16-11)9-7-5-4-6-8-9/h4-8H,15H2,1-3H3. The fourth-order valence-electron chi connectivity index (χ4n) is 2.05. The number of carbonyl (C=O) groups excluding carboxylic acids is 1. The topological polar surface area (TPSA) is 99.6 Å². The Morgan fingerprint density at radius 2 is 1.95 bits per heavy atom. The average molecular weight is 288 g/mol. The molecule has 1 aromatic carbocycles. The SMILES string of the molecule is COC(=O)C(C)(C)c1nn(-c2ccccc2)c(N)c1N=O. The van der Waals surface area contributed by atoms with Gasteiger partial charge in [-0.15, -0.1) is 4.91 Å². The van der Waals surface area contributed by atoms with Gasteiger partial charge in [-0.2, -0.15) is 5.10 Å². The van der Waals surface area contributed by atoms with Crippen molar-refractivity contribution in [3.63, 3.8) is 0 Å². The zero-order valence-corrected chi connectivity index (χ0v) is 12.0. The van der Waals surface area contributed by atoms with Crippen molar-refractivity contribution >= 4 is 17.5 Å². The Bertz CT molecular complexity index is 677. The fourth-order valence-corrected chi connectivity index (χ4v) is 2.05. The molecule has 0 atom stereocenters. The van der Waals surface area contributed by atoms with E-state index in [1.807, 2.05) is 18.2 Å². The van der Waals surface area contributed by atoms with Gasteiger partial charge in [0.15, 0.2) is 11.5 Å². The predicted octanol–water partition coefficient (Wildman–Crippen LogP) is 2.30. The zero-order valence-electron chi connectivity index (χ0n) is 12.0. The Hall–Kier alpha value is -2.70. The van der Waals surface area contributed by atoms with E-state index in [0.29, 0.717) is 5.69 Å². The van der Waals surface area contributed by atoms with Crippen LogP contribution in [0.15, 0.2) is 35.5 Å². The highest BCUT2D eigenvalue weighted by molar-refractivity contribution is 5.85. The number of nitrogen functional groups attached to an aromatic ring is 1. The van der Waals surface area contributed by atoms with Crippen LogP contribution in [0.5, 0.6) is 0 Å². The molecule has 0 amide bonds. The van der Waals surface area contributed by atoms with E-state index in [9.17, 15) is 9.70 Å². The van der Waals surface area contributed by atoms with E-state index in [-0.39, 0.29) is 17.2 Å². The molecule has 0 saturated carbocycles. The van der Waals surface area contributed by atoms with Crippen LogP contribution >= 0.6 is 0 Å². The minimum absolute atomic E-state index is 0.0470. The summed E-state index contributed by atoms with van der Waals surface area (Å²) >= 11 is 0. The highest BCUT2D eigenvalue weighted by Gasteiger charge is 2.38. The van der Waals surface area contributed by atoms with E-state index in [1.54, 1.807) is 26.0 Å². The maximum Gasteiger partial charge on any atom is 0.317 e. The lowest BCUT2D eigenvalue weighted by atomic mass is 9.88. The molecule has 2 aromatic rings. The van der Waals surface area contributed by atoms with Crippen molar-refractivity contribution in [3.05, 3.63) is 40.9 Å². The lowest BCUT2D eigenvalue weighted by Crippen LogP contribution is -2.31. The second-order valence-electron chi connectivity index (χ2n) is 5.04. The molecule has 110 valence electrons.